The van der Waals surface area contributed by atoms with E-state index in [4.69, 9.17) is 9.15 Å². The molecule has 0 aliphatic rings. The predicted molar refractivity (Wildman–Crippen MR) is 67.7 cm³/mol. The monoisotopic (exact) mass is 246 g/mol. The van der Waals surface area contributed by atoms with E-state index < -0.39 is 5.97 Å². The van der Waals surface area contributed by atoms with Gasteiger partial charge in [0.05, 0.1) is 12.0 Å². The van der Waals surface area contributed by atoms with Gasteiger partial charge in [-0.15, -0.1) is 0 Å². The van der Waals surface area contributed by atoms with Gasteiger partial charge < -0.3 is 9.15 Å². The molecule has 2 rings (SSSR count). The Hall–Kier alpha value is -2.10. The van der Waals surface area contributed by atoms with Crippen LogP contribution in [0.25, 0.3) is 11.0 Å². The molecule has 0 aliphatic heterocycles. The number of para-hydroxylation sites is 1. The van der Waals surface area contributed by atoms with Gasteiger partial charge >= 0.3 is 5.97 Å². The Bertz CT molecular complexity index is 612. The fourth-order valence-corrected chi connectivity index (χ4v) is 1.58. The van der Waals surface area contributed by atoms with Gasteiger partial charge in [0, 0.05) is 6.07 Å². The Morgan fingerprint density at radius 2 is 2.11 bits per heavy atom. The summed E-state index contributed by atoms with van der Waals surface area (Å²) in [4.78, 5) is 23.4. The van der Waals surface area contributed by atoms with Crippen LogP contribution in [0.2, 0.25) is 0 Å². The second kappa shape index (κ2) is 5.49. The molecular weight excluding hydrogens is 232 g/mol. The van der Waals surface area contributed by atoms with E-state index in [1.165, 1.54) is 6.07 Å². The van der Waals surface area contributed by atoms with Crippen LogP contribution >= 0.6 is 0 Å². The third-order valence-corrected chi connectivity index (χ3v) is 2.57. The van der Waals surface area contributed by atoms with Crippen molar-refractivity contribution in [3.05, 3.63) is 46.3 Å². The largest absolute Gasteiger partial charge is 0.460 e. The number of carbonyl (C=O) groups excluding carboxylic acids is 1. The maximum atomic E-state index is 11.8. The van der Waals surface area contributed by atoms with E-state index in [0.717, 1.165) is 12.8 Å². The molecule has 0 N–H and O–H groups in total. The van der Waals surface area contributed by atoms with Gasteiger partial charge in [-0.3, -0.25) is 4.79 Å². The minimum absolute atomic E-state index is 0.0465. The highest BCUT2D eigenvalue weighted by atomic mass is 16.5. The first-order chi connectivity index (χ1) is 8.72. The summed E-state index contributed by atoms with van der Waals surface area (Å²) in [6.45, 7) is 2.34. The van der Waals surface area contributed by atoms with Crippen LogP contribution in [0.3, 0.4) is 0 Å². The lowest BCUT2D eigenvalue weighted by Gasteiger charge is -2.03. The molecule has 2 aromatic rings. The first kappa shape index (κ1) is 12.4. The average Bonchev–Trinajstić information content (AvgIpc) is 2.39. The Morgan fingerprint density at radius 3 is 2.89 bits per heavy atom. The Kier molecular flexibility index (Phi) is 3.77. The molecule has 4 heteroatoms. The van der Waals surface area contributed by atoms with Crippen LogP contribution < -0.4 is 5.43 Å². The fraction of sp³-hybridized carbons (Fsp3) is 0.286. The summed E-state index contributed by atoms with van der Waals surface area (Å²) in [6, 6.07) is 7.99. The lowest BCUT2D eigenvalue weighted by molar-refractivity contribution is 0.0464. The number of ether oxygens (including phenoxy) is 1. The van der Waals surface area contributed by atoms with E-state index in [1.807, 2.05) is 6.92 Å². The van der Waals surface area contributed by atoms with Crippen molar-refractivity contribution in [2.75, 3.05) is 6.61 Å². The maximum Gasteiger partial charge on any atom is 0.374 e. The first-order valence-corrected chi connectivity index (χ1v) is 5.92. The number of benzene rings is 1. The summed E-state index contributed by atoms with van der Waals surface area (Å²) in [6.07, 6.45) is 1.73. The van der Waals surface area contributed by atoms with E-state index in [1.54, 1.807) is 24.3 Å². The molecule has 0 aliphatic carbocycles. The van der Waals surface area contributed by atoms with E-state index in [2.05, 4.69) is 0 Å². The van der Waals surface area contributed by atoms with Crippen molar-refractivity contribution in [2.45, 2.75) is 19.8 Å². The van der Waals surface area contributed by atoms with E-state index in [0.29, 0.717) is 17.6 Å². The molecule has 0 saturated heterocycles. The molecule has 0 radical (unpaired) electrons. The minimum atomic E-state index is -0.591. The summed E-state index contributed by atoms with van der Waals surface area (Å²) < 4.78 is 10.4. The number of esters is 1. The summed E-state index contributed by atoms with van der Waals surface area (Å²) in [5.41, 5.74) is 0.159. The molecule has 0 saturated carbocycles. The molecule has 18 heavy (non-hydrogen) atoms. The number of fused-ring (bicyclic) bond motifs is 1. The zero-order valence-corrected chi connectivity index (χ0v) is 10.1. The molecule has 0 unspecified atom stereocenters. The van der Waals surface area contributed by atoms with Crippen molar-refractivity contribution in [2.24, 2.45) is 0 Å². The van der Waals surface area contributed by atoms with Crippen molar-refractivity contribution >= 4 is 16.9 Å². The summed E-state index contributed by atoms with van der Waals surface area (Å²) >= 11 is 0. The van der Waals surface area contributed by atoms with Gasteiger partial charge in [0.25, 0.3) is 0 Å². The molecule has 0 bridgehead atoms. The molecule has 94 valence electrons. The van der Waals surface area contributed by atoms with Crippen LogP contribution in [0.1, 0.15) is 30.3 Å². The van der Waals surface area contributed by atoms with Crippen molar-refractivity contribution in [1.29, 1.82) is 0 Å². The second-order valence-corrected chi connectivity index (χ2v) is 3.96. The molecule has 0 fully saturated rings. The smallest absolute Gasteiger partial charge is 0.374 e. The summed E-state index contributed by atoms with van der Waals surface area (Å²) in [5.74, 6) is -0.638. The zero-order valence-electron chi connectivity index (χ0n) is 10.1. The first-order valence-electron chi connectivity index (χ1n) is 5.92. The SMILES string of the molecule is CCCCOC(=O)c1cc(=O)c2ccccc2o1. The van der Waals surface area contributed by atoms with Crippen LogP contribution in [-0.4, -0.2) is 12.6 Å². The van der Waals surface area contributed by atoms with Gasteiger partial charge in [0.2, 0.25) is 5.76 Å². The van der Waals surface area contributed by atoms with Crippen molar-refractivity contribution in [3.63, 3.8) is 0 Å². The van der Waals surface area contributed by atoms with E-state index in [9.17, 15) is 9.59 Å². The quantitative estimate of drug-likeness (QED) is 0.614. The molecule has 0 amide bonds. The van der Waals surface area contributed by atoms with Crippen molar-refractivity contribution in [3.8, 4) is 0 Å². The van der Waals surface area contributed by atoms with E-state index in [-0.39, 0.29) is 11.2 Å². The summed E-state index contributed by atoms with van der Waals surface area (Å²) in [5, 5.41) is 0.461. The van der Waals surface area contributed by atoms with Crippen LogP contribution in [0, 0.1) is 0 Å². The number of rotatable bonds is 4. The van der Waals surface area contributed by atoms with Gasteiger partial charge in [0.1, 0.15) is 5.58 Å². The molecule has 0 atom stereocenters. The highest BCUT2D eigenvalue weighted by molar-refractivity contribution is 5.88. The lowest BCUT2D eigenvalue weighted by Crippen LogP contribution is -2.10. The fourth-order valence-electron chi connectivity index (χ4n) is 1.58. The van der Waals surface area contributed by atoms with Crippen LogP contribution in [0.5, 0.6) is 0 Å². The highest BCUT2D eigenvalue weighted by Crippen LogP contribution is 2.12. The Balaban J connectivity index is 2.29. The third-order valence-electron chi connectivity index (χ3n) is 2.57. The standard InChI is InChI=1S/C14H14O4/c1-2-3-8-17-14(16)13-9-11(15)10-6-4-5-7-12(10)18-13/h4-7,9H,2-3,8H2,1H3. The van der Waals surface area contributed by atoms with Crippen LogP contribution in [0.15, 0.2) is 39.5 Å². The highest BCUT2D eigenvalue weighted by Gasteiger charge is 2.13. The zero-order chi connectivity index (χ0) is 13.0. The molecule has 1 aromatic carbocycles. The third kappa shape index (κ3) is 2.59. The Labute approximate surface area is 104 Å². The van der Waals surface area contributed by atoms with Gasteiger partial charge in [0.15, 0.2) is 5.43 Å². The van der Waals surface area contributed by atoms with Crippen LogP contribution in [-0.2, 0) is 4.74 Å². The molecule has 0 spiro atoms. The minimum Gasteiger partial charge on any atom is -0.460 e. The van der Waals surface area contributed by atoms with Crippen LogP contribution in [0.4, 0.5) is 0 Å². The topological polar surface area (TPSA) is 56.5 Å². The predicted octanol–water partition coefficient (Wildman–Crippen LogP) is 2.75. The molecule has 4 nitrogen and oxygen atoms in total. The number of hydrogen-bond donors (Lipinski definition) is 0. The number of carbonyl (C=O) groups is 1. The van der Waals surface area contributed by atoms with Gasteiger partial charge in [-0.2, -0.15) is 0 Å². The normalized spacial score (nSPS) is 10.5. The van der Waals surface area contributed by atoms with Gasteiger partial charge in [-0.1, -0.05) is 25.5 Å². The van der Waals surface area contributed by atoms with Gasteiger partial charge in [-0.25, -0.2) is 4.79 Å². The maximum absolute atomic E-state index is 11.8. The Morgan fingerprint density at radius 1 is 1.33 bits per heavy atom. The average molecular weight is 246 g/mol. The second-order valence-electron chi connectivity index (χ2n) is 3.96. The van der Waals surface area contributed by atoms with Gasteiger partial charge in [-0.05, 0) is 18.6 Å². The number of hydrogen-bond acceptors (Lipinski definition) is 4. The van der Waals surface area contributed by atoms with E-state index >= 15 is 0 Å². The molecule has 1 aromatic heterocycles. The molecule has 1 heterocycles. The lowest BCUT2D eigenvalue weighted by atomic mass is 10.2. The van der Waals surface area contributed by atoms with Crippen molar-refractivity contribution in [1.82, 2.24) is 0 Å². The number of unbranched alkanes of at least 4 members (excludes halogenated alkanes) is 1. The molecular formula is C14H14O4. The van der Waals surface area contributed by atoms with Crippen molar-refractivity contribution < 1.29 is 13.9 Å². The summed E-state index contributed by atoms with van der Waals surface area (Å²) in [7, 11) is 0.